The van der Waals surface area contributed by atoms with Crippen LogP contribution < -0.4 is 5.32 Å². The van der Waals surface area contributed by atoms with E-state index in [0.29, 0.717) is 13.1 Å². The number of halogens is 1. The topological polar surface area (TPSA) is 49.4 Å². The number of hydrogen-bond acceptors (Lipinski definition) is 2. The fourth-order valence-electron chi connectivity index (χ4n) is 2.16. The molecule has 2 fully saturated rings. The normalized spacial score (nSPS) is 23.3. The standard InChI is InChI=1S/C12H19ClN2O2/c1-8(13)12(17)15-6-4-10(5-7-15)14-11(16)9-2-3-9/h8-10H,2-7H2,1H3,(H,14,16). The summed E-state index contributed by atoms with van der Waals surface area (Å²) in [5.41, 5.74) is 0. The first-order chi connectivity index (χ1) is 8.08. The van der Waals surface area contributed by atoms with Crippen molar-refractivity contribution in [1.29, 1.82) is 0 Å². The average Bonchev–Trinajstić information content (AvgIpc) is 3.12. The lowest BCUT2D eigenvalue weighted by molar-refractivity contribution is -0.131. The lowest BCUT2D eigenvalue weighted by Gasteiger charge is -2.33. The van der Waals surface area contributed by atoms with Gasteiger partial charge in [0.25, 0.3) is 0 Å². The zero-order valence-corrected chi connectivity index (χ0v) is 10.9. The molecule has 1 atom stereocenters. The van der Waals surface area contributed by atoms with Gasteiger partial charge in [-0.1, -0.05) is 0 Å². The molecule has 1 N–H and O–H groups in total. The van der Waals surface area contributed by atoms with Gasteiger partial charge in [-0.25, -0.2) is 0 Å². The van der Waals surface area contributed by atoms with Gasteiger partial charge in [0.15, 0.2) is 0 Å². The first kappa shape index (κ1) is 12.7. The van der Waals surface area contributed by atoms with Crippen LogP contribution in [0.4, 0.5) is 0 Å². The molecule has 1 heterocycles. The van der Waals surface area contributed by atoms with E-state index in [1.807, 2.05) is 0 Å². The third-order valence-electron chi connectivity index (χ3n) is 3.44. The van der Waals surface area contributed by atoms with Gasteiger partial charge in [0.05, 0.1) is 0 Å². The van der Waals surface area contributed by atoms with Crippen molar-refractivity contribution in [2.45, 2.75) is 44.0 Å². The fraction of sp³-hybridized carbons (Fsp3) is 0.833. The molecule has 2 rings (SSSR count). The quantitative estimate of drug-likeness (QED) is 0.772. The number of piperidine rings is 1. The molecule has 0 spiro atoms. The third-order valence-corrected chi connectivity index (χ3v) is 3.63. The zero-order valence-electron chi connectivity index (χ0n) is 10.1. The van der Waals surface area contributed by atoms with E-state index >= 15 is 0 Å². The number of likely N-dealkylation sites (tertiary alicyclic amines) is 1. The van der Waals surface area contributed by atoms with Gasteiger partial charge < -0.3 is 10.2 Å². The monoisotopic (exact) mass is 258 g/mol. The number of rotatable bonds is 3. The molecule has 5 heteroatoms. The minimum absolute atomic E-state index is 0.00126. The molecule has 0 bridgehead atoms. The molecule has 96 valence electrons. The predicted molar refractivity (Wildman–Crippen MR) is 65.8 cm³/mol. The number of hydrogen-bond donors (Lipinski definition) is 1. The van der Waals surface area contributed by atoms with Gasteiger partial charge in [-0.2, -0.15) is 0 Å². The Morgan fingerprint density at radius 2 is 1.82 bits per heavy atom. The van der Waals surface area contributed by atoms with Crippen LogP contribution in [-0.2, 0) is 9.59 Å². The maximum Gasteiger partial charge on any atom is 0.240 e. The van der Waals surface area contributed by atoms with Crippen LogP contribution in [0, 0.1) is 5.92 Å². The summed E-state index contributed by atoms with van der Waals surface area (Å²) in [5.74, 6) is 0.455. The van der Waals surface area contributed by atoms with Crippen LogP contribution in [0.2, 0.25) is 0 Å². The van der Waals surface area contributed by atoms with E-state index in [1.54, 1.807) is 11.8 Å². The van der Waals surface area contributed by atoms with E-state index in [9.17, 15) is 9.59 Å². The summed E-state index contributed by atoms with van der Waals surface area (Å²) >= 11 is 5.77. The lowest BCUT2D eigenvalue weighted by atomic mass is 10.0. The van der Waals surface area contributed by atoms with Gasteiger partial charge in [0, 0.05) is 25.0 Å². The third kappa shape index (κ3) is 3.35. The molecule has 0 aromatic rings. The average molecular weight is 259 g/mol. The number of alkyl halides is 1. The maximum atomic E-state index is 11.7. The Hall–Kier alpha value is -0.770. The van der Waals surface area contributed by atoms with Crippen molar-refractivity contribution in [3.05, 3.63) is 0 Å². The van der Waals surface area contributed by atoms with Gasteiger partial charge >= 0.3 is 0 Å². The second kappa shape index (κ2) is 5.25. The molecule has 1 unspecified atom stereocenters. The number of carbonyl (C=O) groups is 2. The molecular formula is C12H19ClN2O2. The second-order valence-corrected chi connectivity index (χ2v) is 5.65. The smallest absolute Gasteiger partial charge is 0.240 e. The molecule has 4 nitrogen and oxygen atoms in total. The fourth-order valence-corrected chi connectivity index (χ4v) is 2.30. The molecule has 1 aliphatic carbocycles. The lowest BCUT2D eigenvalue weighted by Crippen LogP contribution is -2.48. The summed E-state index contributed by atoms with van der Waals surface area (Å²) < 4.78 is 0. The molecule has 0 radical (unpaired) electrons. The van der Waals surface area contributed by atoms with Crippen LogP contribution in [0.25, 0.3) is 0 Å². The van der Waals surface area contributed by atoms with Gasteiger partial charge in [0.2, 0.25) is 11.8 Å². The van der Waals surface area contributed by atoms with Crippen molar-refractivity contribution in [2.24, 2.45) is 5.92 Å². The largest absolute Gasteiger partial charge is 0.353 e. The zero-order chi connectivity index (χ0) is 12.4. The first-order valence-electron chi connectivity index (χ1n) is 6.31. The summed E-state index contributed by atoms with van der Waals surface area (Å²) in [6.45, 7) is 3.10. The molecular weight excluding hydrogens is 240 g/mol. The van der Waals surface area contributed by atoms with Gasteiger partial charge in [-0.15, -0.1) is 11.6 Å². The van der Waals surface area contributed by atoms with Crippen molar-refractivity contribution in [3.63, 3.8) is 0 Å². The highest BCUT2D eigenvalue weighted by molar-refractivity contribution is 6.30. The Morgan fingerprint density at radius 3 is 2.29 bits per heavy atom. The van der Waals surface area contributed by atoms with Crippen molar-refractivity contribution in [3.8, 4) is 0 Å². The van der Waals surface area contributed by atoms with Crippen LogP contribution in [0.15, 0.2) is 0 Å². The van der Waals surface area contributed by atoms with Crippen molar-refractivity contribution >= 4 is 23.4 Å². The van der Waals surface area contributed by atoms with E-state index in [1.165, 1.54) is 0 Å². The van der Waals surface area contributed by atoms with E-state index in [2.05, 4.69) is 5.32 Å². The molecule has 0 aromatic heterocycles. The Labute approximate surface area is 107 Å². The Bertz CT molecular complexity index is 308. The summed E-state index contributed by atoms with van der Waals surface area (Å²) in [6, 6.07) is 0.234. The van der Waals surface area contributed by atoms with Crippen LogP contribution >= 0.6 is 11.6 Å². The predicted octanol–water partition coefficient (Wildman–Crippen LogP) is 1.13. The summed E-state index contributed by atoms with van der Waals surface area (Å²) in [7, 11) is 0. The minimum atomic E-state index is -0.451. The summed E-state index contributed by atoms with van der Waals surface area (Å²) in [5, 5.41) is 2.61. The number of nitrogens with one attached hydrogen (secondary N) is 1. The van der Waals surface area contributed by atoms with Gasteiger partial charge in [-0.3, -0.25) is 9.59 Å². The molecule has 1 aliphatic heterocycles. The molecule has 1 saturated heterocycles. The second-order valence-electron chi connectivity index (χ2n) is 5.00. The van der Waals surface area contributed by atoms with E-state index in [4.69, 9.17) is 11.6 Å². The highest BCUT2D eigenvalue weighted by atomic mass is 35.5. The molecule has 1 saturated carbocycles. The van der Waals surface area contributed by atoms with Crippen LogP contribution in [-0.4, -0.2) is 41.2 Å². The number of nitrogens with zero attached hydrogens (tertiary/aromatic N) is 1. The maximum absolute atomic E-state index is 11.7. The molecule has 0 aromatic carbocycles. The van der Waals surface area contributed by atoms with Crippen LogP contribution in [0.5, 0.6) is 0 Å². The highest BCUT2D eigenvalue weighted by Gasteiger charge is 2.32. The van der Waals surface area contributed by atoms with Crippen molar-refractivity contribution < 1.29 is 9.59 Å². The van der Waals surface area contributed by atoms with E-state index in [-0.39, 0.29) is 23.8 Å². The van der Waals surface area contributed by atoms with Gasteiger partial charge in [0.1, 0.15) is 5.38 Å². The first-order valence-corrected chi connectivity index (χ1v) is 6.75. The van der Waals surface area contributed by atoms with Crippen LogP contribution in [0.3, 0.4) is 0 Å². The summed E-state index contributed by atoms with van der Waals surface area (Å²) in [4.78, 5) is 25.0. The highest BCUT2D eigenvalue weighted by Crippen LogP contribution is 2.29. The molecule has 2 amide bonds. The SMILES string of the molecule is CC(Cl)C(=O)N1CCC(NC(=O)C2CC2)CC1. The Morgan fingerprint density at radius 1 is 1.24 bits per heavy atom. The minimum Gasteiger partial charge on any atom is -0.353 e. The Kier molecular flexibility index (Phi) is 3.92. The van der Waals surface area contributed by atoms with E-state index < -0.39 is 5.38 Å². The number of carbonyl (C=O) groups excluding carboxylic acids is 2. The summed E-state index contributed by atoms with van der Waals surface area (Å²) in [6.07, 6.45) is 3.75. The van der Waals surface area contributed by atoms with Crippen molar-refractivity contribution in [2.75, 3.05) is 13.1 Å². The Balaban J connectivity index is 1.73. The van der Waals surface area contributed by atoms with E-state index in [0.717, 1.165) is 25.7 Å². The molecule has 2 aliphatic rings. The number of amides is 2. The van der Waals surface area contributed by atoms with Gasteiger partial charge in [-0.05, 0) is 32.6 Å². The molecule has 17 heavy (non-hydrogen) atoms. The van der Waals surface area contributed by atoms with Crippen LogP contribution in [0.1, 0.15) is 32.6 Å². The van der Waals surface area contributed by atoms with Crippen molar-refractivity contribution in [1.82, 2.24) is 10.2 Å².